The van der Waals surface area contributed by atoms with Crippen LogP contribution in [0.5, 0.6) is 0 Å². The van der Waals surface area contributed by atoms with E-state index in [1.807, 2.05) is 0 Å². The molecular formula is C14H30S2. The second-order valence-electron chi connectivity index (χ2n) is 4.49. The summed E-state index contributed by atoms with van der Waals surface area (Å²) >= 11 is 4.35. The minimum Gasteiger partial charge on any atom is -0.162 e. The highest BCUT2D eigenvalue weighted by Crippen LogP contribution is 2.26. The average Bonchev–Trinajstić information content (AvgIpc) is 2.31. The lowest BCUT2D eigenvalue weighted by molar-refractivity contribution is 0.717. The fourth-order valence-electron chi connectivity index (χ4n) is 1.55. The lowest BCUT2D eigenvalue weighted by atomic mass is 10.2. The van der Waals surface area contributed by atoms with E-state index in [2.05, 4.69) is 51.2 Å². The molecule has 16 heavy (non-hydrogen) atoms. The van der Waals surface area contributed by atoms with E-state index in [4.69, 9.17) is 0 Å². The molecule has 0 aliphatic carbocycles. The molecule has 0 aromatic heterocycles. The average molecular weight is 263 g/mol. The highest BCUT2D eigenvalue weighted by molar-refractivity contribution is 8.00. The Labute approximate surface area is 112 Å². The third-order valence-electron chi connectivity index (χ3n) is 2.91. The maximum Gasteiger partial charge on any atom is 0.00474 e. The van der Waals surface area contributed by atoms with Gasteiger partial charge in [0.15, 0.2) is 0 Å². The summed E-state index contributed by atoms with van der Waals surface area (Å²) in [6, 6.07) is 0. The Balaban J connectivity index is 3.40. The van der Waals surface area contributed by atoms with Gasteiger partial charge in [0.25, 0.3) is 0 Å². The van der Waals surface area contributed by atoms with Crippen molar-refractivity contribution in [2.24, 2.45) is 0 Å². The number of rotatable bonds is 11. The fraction of sp³-hybridized carbons (Fsp3) is 1.00. The molecule has 0 aromatic carbocycles. The van der Waals surface area contributed by atoms with E-state index < -0.39 is 0 Å². The molecule has 98 valence electrons. The number of hydrogen-bond acceptors (Lipinski definition) is 2. The molecule has 0 bridgehead atoms. The summed E-state index contributed by atoms with van der Waals surface area (Å²) in [4.78, 5) is 0. The van der Waals surface area contributed by atoms with Crippen LogP contribution in [0.4, 0.5) is 0 Å². The first-order chi connectivity index (χ1) is 7.74. The van der Waals surface area contributed by atoms with Crippen molar-refractivity contribution in [2.75, 3.05) is 11.5 Å². The van der Waals surface area contributed by atoms with Gasteiger partial charge in [-0.05, 0) is 43.6 Å². The van der Waals surface area contributed by atoms with E-state index in [1.54, 1.807) is 0 Å². The van der Waals surface area contributed by atoms with Crippen molar-refractivity contribution in [1.82, 2.24) is 0 Å². The molecule has 0 N–H and O–H groups in total. The van der Waals surface area contributed by atoms with Crippen molar-refractivity contribution in [3.05, 3.63) is 0 Å². The molecule has 0 saturated carbocycles. The van der Waals surface area contributed by atoms with Crippen LogP contribution in [0.1, 0.15) is 66.2 Å². The fourth-order valence-corrected chi connectivity index (χ4v) is 3.97. The van der Waals surface area contributed by atoms with E-state index in [1.165, 1.54) is 50.0 Å². The van der Waals surface area contributed by atoms with Crippen molar-refractivity contribution in [1.29, 1.82) is 0 Å². The zero-order valence-corrected chi connectivity index (χ0v) is 13.3. The molecule has 2 heteroatoms. The molecule has 0 aliphatic heterocycles. The summed E-state index contributed by atoms with van der Waals surface area (Å²) in [5.41, 5.74) is 0. The van der Waals surface area contributed by atoms with Crippen LogP contribution in [-0.2, 0) is 0 Å². The van der Waals surface area contributed by atoms with Gasteiger partial charge in [0, 0.05) is 10.5 Å². The van der Waals surface area contributed by atoms with Gasteiger partial charge in [-0.2, -0.15) is 23.5 Å². The lowest BCUT2D eigenvalue weighted by Crippen LogP contribution is -2.07. The zero-order valence-electron chi connectivity index (χ0n) is 11.6. The van der Waals surface area contributed by atoms with Crippen molar-refractivity contribution in [3.63, 3.8) is 0 Å². The quantitative estimate of drug-likeness (QED) is 0.444. The van der Waals surface area contributed by atoms with Crippen LogP contribution >= 0.6 is 23.5 Å². The van der Waals surface area contributed by atoms with Crippen LogP contribution in [0.15, 0.2) is 0 Å². The molecule has 0 heterocycles. The summed E-state index contributed by atoms with van der Waals surface area (Å²) in [5, 5.41) is 1.75. The minimum atomic E-state index is 0.845. The van der Waals surface area contributed by atoms with Crippen molar-refractivity contribution >= 4 is 23.5 Å². The van der Waals surface area contributed by atoms with E-state index >= 15 is 0 Å². The van der Waals surface area contributed by atoms with Crippen LogP contribution in [0.2, 0.25) is 0 Å². The molecule has 2 unspecified atom stereocenters. The van der Waals surface area contributed by atoms with Crippen molar-refractivity contribution in [3.8, 4) is 0 Å². The number of hydrogen-bond donors (Lipinski definition) is 0. The zero-order chi connectivity index (χ0) is 12.2. The molecule has 0 fully saturated rings. The second-order valence-corrected chi connectivity index (χ2v) is 7.46. The molecule has 0 aliphatic rings. The van der Waals surface area contributed by atoms with Crippen LogP contribution in [0.25, 0.3) is 0 Å². The molecule has 0 aromatic rings. The van der Waals surface area contributed by atoms with Gasteiger partial charge in [0.1, 0.15) is 0 Å². The SMILES string of the molecule is CCCCSCCCC(CC)SC(C)CC. The van der Waals surface area contributed by atoms with E-state index in [0.29, 0.717) is 0 Å². The summed E-state index contributed by atoms with van der Waals surface area (Å²) in [7, 11) is 0. The molecule has 0 spiro atoms. The van der Waals surface area contributed by atoms with Gasteiger partial charge in [-0.25, -0.2) is 0 Å². The molecule has 0 rings (SSSR count). The topological polar surface area (TPSA) is 0 Å². The maximum atomic E-state index is 2.36. The van der Waals surface area contributed by atoms with Crippen molar-refractivity contribution in [2.45, 2.75) is 76.7 Å². The Hall–Kier alpha value is 0.700. The molecule has 2 atom stereocenters. The summed E-state index contributed by atoms with van der Waals surface area (Å²) < 4.78 is 0. The first-order valence-electron chi connectivity index (χ1n) is 6.97. The van der Waals surface area contributed by atoms with Crippen LogP contribution in [0.3, 0.4) is 0 Å². The van der Waals surface area contributed by atoms with Crippen LogP contribution in [-0.4, -0.2) is 22.0 Å². The van der Waals surface area contributed by atoms with E-state index in [9.17, 15) is 0 Å². The summed E-state index contributed by atoms with van der Waals surface area (Å²) in [6.07, 6.45) is 8.22. The molecule has 0 nitrogen and oxygen atoms in total. The number of unbranched alkanes of at least 4 members (excludes halogenated alkanes) is 1. The number of thioether (sulfide) groups is 2. The highest BCUT2D eigenvalue weighted by Gasteiger charge is 2.10. The lowest BCUT2D eigenvalue weighted by Gasteiger charge is -2.18. The van der Waals surface area contributed by atoms with Gasteiger partial charge in [0.05, 0.1) is 0 Å². The normalized spacial score (nSPS) is 15.0. The summed E-state index contributed by atoms with van der Waals surface area (Å²) in [5.74, 6) is 2.74. The first-order valence-corrected chi connectivity index (χ1v) is 9.07. The third kappa shape index (κ3) is 9.89. The standard InChI is InChI=1S/C14H30S2/c1-5-8-11-15-12-9-10-14(7-3)16-13(4)6-2/h13-14H,5-12H2,1-4H3. The Morgan fingerprint density at radius 1 is 0.938 bits per heavy atom. The molecular weight excluding hydrogens is 232 g/mol. The largest absolute Gasteiger partial charge is 0.162 e. The van der Waals surface area contributed by atoms with Gasteiger partial charge in [-0.3, -0.25) is 0 Å². The van der Waals surface area contributed by atoms with Crippen molar-refractivity contribution < 1.29 is 0 Å². The van der Waals surface area contributed by atoms with Gasteiger partial charge in [0.2, 0.25) is 0 Å². The van der Waals surface area contributed by atoms with Crippen LogP contribution < -0.4 is 0 Å². The highest BCUT2D eigenvalue weighted by atomic mass is 32.2. The third-order valence-corrected chi connectivity index (χ3v) is 5.82. The molecule has 0 radical (unpaired) electrons. The van der Waals surface area contributed by atoms with Gasteiger partial charge in [-0.15, -0.1) is 0 Å². The summed E-state index contributed by atoms with van der Waals surface area (Å²) in [6.45, 7) is 9.27. The Morgan fingerprint density at radius 2 is 1.62 bits per heavy atom. The van der Waals surface area contributed by atoms with Gasteiger partial charge < -0.3 is 0 Å². The Morgan fingerprint density at radius 3 is 2.19 bits per heavy atom. The van der Waals surface area contributed by atoms with Gasteiger partial charge >= 0.3 is 0 Å². The Kier molecular flexibility index (Phi) is 12.7. The minimum absolute atomic E-state index is 0.845. The van der Waals surface area contributed by atoms with E-state index in [-0.39, 0.29) is 0 Å². The smallest absolute Gasteiger partial charge is 0.00474 e. The molecule has 0 amide bonds. The van der Waals surface area contributed by atoms with Crippen LogP contribution in [0, 0.1) is 0 Å². The molecule has 0 saturated heterocycles. The Bertz CT molecular complexity index is 137. The predicted molar refractivity (Wildman–Crippen MR) is 82.9 cm³/mol. The van der Waals surface area contributed by atoms with E-state index in [0.717, 1.165) is 10.5 Å². The maximum absolute atomic E-state index is 2.36. The van der Waals surface area contributed by atoms with Gasteiger partial charge in [-0.1, -0.05) is 34.1 Å². The second kappa shape index (κ2) is 12.2. The monoisotopic (exact) mass is 262 g/mol. The first kappa shape index (κ1) is 16.7. The predicted octanol–water partition coefficient (Wildman–Crippen LogP) is 5.61.